The Kier molecular flexibility index (Phi) is 4.57. The maximum Gasteiger partial charge on any atom is 0.134 e. The van der Waals surface area contributed by atoms with E-state index in [1.807, 2.05) is 13.0 Å². The zero-order chi connectivity index (χ0) is 12.1. The summed E-state index contributed by atoms with van der Waals surface area (Å²) >= 11 is 5.88. The van der Waals surface area contributed by atoms with E-state index in [0.29, 0.717) is 11.1 Å². The monoisotopic (exact) mass is 255 g/mol. The van der Waals surface area contributed by atoms with E-state index >= 15 is 0 Å². The van der Waals surface area contributed by atoms with E-state index in [4.69, 9.17) is 16.3 Å². The van der Waals surface area contributed by atoms with Crippen molar-refractivity contribution in [3.05, 3.63) is 17.5 Å². The van der Waals surface area contributed by atoms with Crippen LogP contribution in [0.3, 0.4) is 0 Å². The van der Waals surface area contributed by atoms with E-state index in [9.17, 15) is 0 Å². The molecule has 0 spiro atoms. The number of rotatable bonds is 4. The normalized spacial score (nSPS) is 20.6. The van der Waals surface area contributed by atoms with Gasteiger partial charge >= 0.3 is 0 Å². The summed E-state index contributed by atoms with van der Waals surface area (Å²) in [6.45, 7) is 5.69. The standard InChI is InChI=1S/C12H18ClN3O/c1-2-17-8-10-4-3-5-16(7-10)12-6-11(13)14-9-15-12/h6,9-10H,2-5,7-8H2,1H3/t10-/m0/s1. The first-order valence-corrected chi connectivity index (χ1v) is 6.47. The maximum absolute atomic E-state index is 5.88. The Morgan fingerprint density at radius 3 is 3.18 bits per heavy atom. The van der Waals surface area contributed by atoms with Gasteiger partial charge in [-0.15, -0.1) is 0 Å². The highest BCUT2D eigenvalue weighted by Crippen LogP contribution is 2.22. The fourth-order valence-corrected chi connectivity index (χ4v) is 2.33. The molecule has 0 aromatic carbocycles. The Labute approximate surface area is 107 Å². The summed E-state index contributed by atoms with van der Waals surface area (Å²) < 4.78 is 5.50. The van der Waals surface area contributed by atoms with Crippen LogP contribution in [0.1, 0.15) is 19.8 Å². The summed E-state index contributed by atoms with van der Waals surface area (Å²) in [7, 11) is 0. The Morgan fingerprint density at radius 1 is 1.53 bits per heavy atom. The van der Waals surface area contributed by atoms with Crippen LogP contribution >= 0.6 is 11.6 Å². The van der Waals surface area contributed by atoms with Gasteiger partial charge in [0.2, 0.25) is 0 Å². The minimum atomic E-state index is 0.502. The molecule has 0 amide bonds. The molecule has 4 nitrogen and oxygen atoms in total. The van der Waals surface area contributed by atoms with Crippen LogP contribution in [0.4, 0.5) is 5.82 Å². The highest BCUT2D eigenvalue weighted by Gasteiger charge is 2.21. The molecule has 2 rings (SSSR count). The third-order valence-corrected chi connectivity index (χ3v) is 3.23. The van der Waals surface area contributed by atoms with Crippen LogP contribution in [0.2, 0.25) is 5.15 Å². The van der Waals surface area contributed by atoms with Crippen molar-refractivity contribution in [2.24, 2.45) is 5.92 Å². The third-order valence-electron chi connectivity index (χ3n) is 3.02. The largest absolute Gasteiger partial charge is 0.381 e. The van der Waals surface area contributed by atoms with Crippen LogP contribution in [-0.2, 0) is 4.74 Å². The zero-order valence-electron chi connectivity index (χ0n) is 10.1. The molecule has 94 valence electrons. The average Bonchev–Trinajstić information content (AvgIpc) is 2.37. The van der Waals surface area contributed by atoms with Crippen LogP contribution in [0.25, 0.3) is 0 Å². The van der Waals surface area contributed by atoms with Gasteiger partial charge in [-0.25, -0.2) is 9.97 Å². The van der Waals surface area contributed by atoms with Crippen molar-refractivity contribution in [1.29, 1.82) is 0 Å². The molecule has 1 aromatic heterocycles. The van der Waals surface area contributed by atoms with Crippen molar-refractivity contribution < 1.29 is 4.74 Å². The van der Waals surface area contributed by atoms with Gasteiger partial charge in [-0.05, 0) is 25.7 Å². The number of aromatic nitrogens is 2. The highest BCUT2D eigenvalue weighted by atomic mass is 35.5. The predicted octanol–water partition coefficient (Wildman–Crippen LogP) is 2.38. The topological polar surface area (TPSA) is 38.2 Å². The molecule has 1 aromatic rings. The van der Waals surface area contributed by atoms with Gasteiger partial charge in [-0.3, -0.25) is 0 Å². The van der Waals surface area contributed by atoms with Gasteiger partial charge < -0.3 is 9.64 Å². The molecule has 1 fully saturated rings. The second-order valence-corrected chi connectivity index (χ2v) is 4.70. The highest BCUT2D eigenvalue weighted by molar-refractivity contribution is 6.29. The third kappa shape index (κ3) is 3.54. The average molecular weight is 256 g/mol. The van der Waals surface area contributed by atoms with E-state index in [-0.39, 0.29) is 0 Å². The van der Waals surface area contributed by atoms with Crippen LogP contribution in [0, 0.1) is 5.92 Å². The molecule has 0 aliphatic carbocycles. The molecule has 5 heteroatoms. The fourth-order valence-electron chi connectivity index (χ4n) is 2.19. The fraction of sp³-hybridized carbons (Fsp3) is 0.667. The molecule has 1 aliphatic rings. The quantitative estimate of drug-likeness (QED) is 0.775. The van der Waals surface area contributed by atoms with E-state index in [1.165, 1.54) is 19.2 Å². The molecule has 1 saturated heterocycles. The SMILES string of the molecule is CCOC[C@H]1CCCN(c2cc(Cl)ncn2)C1. The molecular formula is C12H18ClN3O. The number of hydrogen-bond acceptors (Lipinski definition) is 4. The smallest absolute Gasteiger partial charge is 0.134 e. The summed E-state index contributed by atoms with van der Waals surface area (Å²) in [6.07, 6.45) is 3.93. The van der Waals surface area contributed by atoms with Crippen LogP contribution in [0.5, 0.6) is 0 Å². The lowest BCUT2D eigenvalue weighted by Gasteiger charge is -2.33. The number of piperidine rings is 1. The van der Waals surface area contributed by atoms with E-state index < -0.39 is 0 Å². The van der Waals surface area contributed by atoms with E-state index in [1.54, 1.807) is 0 Å². The van der Waals surface area contributed by atoms with Crippen molar-refractivity contribution in [2.75, 3.05) is 31.2 Å². The Bertz CT molecular complexity index is 361. The summed E-state index contributed by atoms with van der Waals surface area (Å²) in [5.74, 6) is 1.52. The Balaban J connectivity index is 1.97. The summed E-state index contributed by atoms with van der Waals surface area (Å²) in [5, 5.41) is 0.502. The van der Waals surface area contributed by atoms with Gasteiger partial charge in [0, 0.05) is 25.8 Å². The number of nitrogens with zero attached hydrogens (tertiary/aromatic N) is 3. The lowest BCUT2D eigenvalue weighted by molar-refractivity contribution is 0.104. The van der Waals surface area contributed by atoms with Gasteiger partial charge in [-0.2, -0.15) is 0 Å². The van der Waals surface area contributed by atoms with Crippen molar-refractivity contribution >= 4 is 17.4 Å². The minimum absolute atomic E-state index is 0.502. The van der Waals surface area contributed by atoms with Crippen molar-refractivity contribution in [2.45, 2.75) is 19.8 Å². The molecule has 0 saturated carbocycles. The van der Waals surface area contributed by atoms with Gasteiger partial charge in [0.1, 0.15) is 17.3 Å². The van der Waals surface area contributed by atoms with E-state index in [2.05, 4.69) is 14.9 Å². The van der Waals surface area contributed by atoms with Gasteiger partial charge in [0.25, 0.3) is 0 Å². The molecule has 0 N–H and O–H groups in total. The zero-order valence-corrected chi connectivity index (χ0v) is 10.9. The first kappa shape index (κ1) is 12.6. The van der Waals surface area contributed by atoms with Gasteiger partial charge in [-0.1, -0.05) is 11.6 Å². The minimum Gasteiger partial charge on any atom is -0.381 e. The number of hydrogen-bond donors (Lipinski definition) is 0. The molecule has 1 atom stereocenters. The number of ether oxygens (including phenoxy) is 1. The Morgan fingerprint density at radius 2 is 2.41 bits per heavy atom. The van der Waals surface area contributed by atoms with Gasteiger partial charge in [0.15, 0.2) is 0 Å². The maximum atomic E-state index is 5.88. The van der Waals surface area contributed by atoms with Crippen LogP contribution in [0.15, 0.2) is 12.4 Å². The van der Waals surface area contributed by atoms with Gasteiger partial charge in [0.05, 0.1) is 6.61 Å². The Hall–Kier alpha value is -0.870. The summed E-state index contributed by atoms with van der Waals surface area (Å²) in [5.41, 5.74) is 0. The predicted molar refractivity (Wildman–Crippen MR) is 68.5 cm³/mol. The van der Waals surface area contributed by atoms with Crippen molar-refractivity contribution in [3.63, 3.8) is 0 Å². The molecule has 1 aliphatic heterocycles. The second-order valence-electron chi connectivity index (χ2n) is 4.31. The second kappa shape index (κ2) is 6.17. The first-order chi connectivity index (χ1) is 8.29. The lowest BCUT2D eigenvalue weighted by atomic mass is 9.99. The lowest BCUT2D eigenvalue weighted by Crippen LogP contribution is -2.37. The molecule has 0 radical (unpaired) electrons. The first-order valence-electron chi connectivity index (χ1n) is 6.10. The molecule has 0 unspecified atom stereocenters. The molecule has 2 heterocycles. The van der Waals surface area contributed by atoms with Crippen LogP contribution in [-0.4, -0.2) is 36.3 Å². The molecule has 0 bridgehead atoms. The summed E-state index contributed by atoms with van der Waals surface area (Å²) in [6, 6.07) is 1.82. The van der Waals surface area contributed by atoms with E-state index in [0.717, 1.165) is 32.1 Å². The number of halogens is 1. The van der Waals surface area contributed by atoms with Crippen molar-refractivity contribution in [1.82, 2.24) is 9.97 Å². The summed E-state index contributed by atoms with van der Waals surface area (Å²) in [4.78, 5) is 10.4. The molecule has 17 heavy (non-hydrogen) atoms. The van der Waals surface area contributed by atoms with Crippen molar-refractivity contribution in [3.8, 4) is 0 Å². The van der Waals surface area contributed by atoms with Crippen LogP contribution < -0.4 is 4.90 Å². The number of anilines is 1. The molecular weight excluding hydrogens is 238 g/mol.